The number of anilines is 1. The van der Waals surface area contributed by atoms with E-state index in [0.29, 0.717) is 12.1 Å². The Bertz CT molecular complexity index is 434. The zero-order chi connectivity index (χ0) is 13.7. The molecule has 1 aliphatic carbocycles. The van der Waals surface area contributed by atoms with Crippen molar-refractivity contribution in [2.45, 2.75) is 38.1 Å². The number of benzene rings is 1. The lowest BCUT2D eigenvalue weighted by atomic mass is 9.85. The van der Waals surface area contributed by atoms with Crippen molar-refractivity contribution in [1.82, 2.24) is 5.32 Å². The summed E-state index contributed by atoms with van der Waals surface area (Å²) in [5.74, 6) is 0.189. The molecule has 0 radical (unpaired) electrons. The van der Waals surface area contributed by atoms with Gasteiger partial charge < -0.3 is 16.2 Å². The topological polar surface area (TPSA) is 75.4 Å². The second-order valence-corrected chi connectivity index (χ2v) is 5.28. The minimum Gasteiger partial charge on any atom is -0.398 e. The van der Waals surface area contributed by atoms with Crippen LogP contribution in [0.15, 0.2) is 24.3 Å². The van der Waals surface area contributed by atoms with E-state index < -0.39 is 0 Å². The first-order chi connectivity index (χ1) is 9.20. The van der Waals surface area contributed by atoms with Gasteiger partial charge in [-0.2, -0.15) is 0 Å². The lowest BCUT2D eigenvalue weighted by Crippen LogP contribution is -2.44. The van der Waals surface area contributed by atoms with Gasteiger partial charge in [0.15, 0.2) is 0 Å². The smallest absolute Gasteiger partial charge is 0.224 e. The van der Waals surface area contributed by atoms with Crippen molar-refractivity contribution in [1.29, 1.82) is 0 Å². The minimum atomic E-state index is -0.0109. The summed E-state index contributed by atoms with van der Waals surface area (Å²) in [6.07, 6.45) is 4.52. The van der Waals surface area contributed by atoms with Crippen molar-refractivity contribution < 1.29 is 9.90 Å². The van der Waals surface area contributed by atoms with E-state index in [1.807, 2.05) is 18.2 Å². The molecule has 4 nitrogen and oxygen atoms in total. The number of carbonyl (C=O) groups excluding carboxylic acids is 1. The Hall–Kier alpha value is -1.55. The Kier molecular flexibility index (Phi) is 4.80. The van der Waals surface area contributed by atoms with Crippen LogP contribution < -0.4 is 11.1 Å². The largest absolute Gasteiger partial charge is 0.398 e. The summed E-state index contributed by atoms with van der Waals surface area (Å²) < 4.78 is 0. The van der Waals surface area contributed by atoms with Crippen LogP contribution in [-0.4, -0.2) is 23.7 Å². The van der Waals surface area contributed by atoms with Gasteiger partial charge in [-0.05, 0) is 24.5 Å². The van der Waals surface area contributed by atoms with Crippen LogP contribution in [0.3, 0.4) is 0 Å². The third kappa shape index (κ3) is 3.70. The van der Waals surface area contributed by atoms with Crippen molar-refractivity contribution >= 4 is 11.6 Å². The van der Waals surface area contributed by atoms with Gasteiger partial charge in [0.05, 0.1) is 6.42 Å². The molecule has 0 heterocycles. The molecule has 4 heteroatoms. The normalized spacial score (nSPS) is 23.0. The van der Waals surface area contributed by atoms with Crippen molar-refractivity contribution in [3.05, 3.63) is 29.8 Å². The highest BCUT2D eigenvalue weighted by atomic mass is 16.3. The number of rotatable bonds is 4. The number of aliphatic hydroxyl groups excluding tert-OH is 1. The molecule has 19 heavy (non-hydrogen) atoms. The van der Waals surface area contributed by atoms with Gasteiger partial charge in [-0.3, -0.25) is 4.79 Å². The van der Waals surface area contributed by atoms with Gasteiger partial charge in [0.2, 0.25) is 5.91 Å². The molecular formula is C15H22N2O2. The summed E-state index contributed by atoms with van der Waals surface area (Å²) in [6.45, 7) is 0.151. The fourth-order valence-corrected chi connectivity index (χ4v) is 2.74. The Balaban J connectivity index is 1.92. The summed E-state index contributed by atoms with van der Waals surface area (Å²) in [6, 6.07) is 7.53. The second-order valence-electron chi connectivity index (χ2n) is 5.28. The maximum Gasteiger partial charge on any atom is 0.224 e. The van der Waals surface area contributed by atoms with Gasteiger partial charge in [0, 0.05) is 24.3 Å². The van der Waals surface area contributed by atoms with Crippen LogP contribution in [-0.2, 0) is 11.2 Å². The van der Waals surface area contributed by atoms with Crippen molar-refractivity contribution in [3.63, 3.8) is 0 Å². The highest BCUT2D eigenvalue weighted by Crippen LogP contribution is 2.24. The number of nitrogens with two attached hydrogens (primary N) is 1. The molecule has 0 spiro atoms. The fraction of sp³-hybridized carbons (Fsp3) is 0.533. The quantitative estimate of drug-likeness (QED) is 0.719. The lowest BCUT2D eigenvalue weighted by molar-refractivity contribution is -0.121. The zero-order valence-corrected chi connectivity index (χ0v) is 11.1. The lowest BCUT2D eigenvalue weighted by Gasteiger charge is -2.30. The Labute approximate surface area is 114 Å². The van der Waals surface area contributed by atoms with Crippen LogP contribution in [0.5, 0.6) is 0 Å². The number of nitrogen functional groups attached to an aromatic ring is 1. The Morgan fingerprint density at radius 1 is 1.32 bits per heavy atom. The molecule has 2 atom stereocenters. The molecule has 1 fully saturated rings. The van der Waals surface area contributed by atoms with Crippen molar-refractivity contribution in [2.24, 2.45) is 5.92 Å². The number of carbonyl (C=O) groups is 1. The third-order valence-corrected chi connectivity index (χ3v) is 3.90. The molecule has 2 rings (SSSR count). The highest BCUT2D eigenvalue weighted by Gasteiger charge is 2.25. The molecule has 0 saturated heterocycles. The Morgan fingerprint density at radius 2 is 2.05 bits per heavy atom. The molecule has 0 bridgehead atoms. The van der Waals surface area contributed by atoms with E-state index in [1.54, 1.807) is 6.07 Å². The average Bonchev–Trinajstić information content (AvgIpc) is 2.42. The van der Waals surface area contributed by atoms with Gasteiger partial charge in [0.25, 0.3) is 0 Å². The van der Waals surface area contributed by atoms with E-state index in [9.17, 15) is 9.90 Å². The number of para-hydroxylation sites is 1. The van der Waals surface area contributed by atoms with Crippen LogP contribution in [0, 0.1) is 5.92 Å². The molecule has 104 valence electrons. The van der Waals surface area contributed by atoms with Gasteiger partial charge in [-0.15, -0.1) is 0 Å². The van der Waals surface area contributed by atoms with E-state index in [4.69, 9.17) is 5.73 Å². The minimum absolute atomic E-state index is 0.0109. The van der Waals surface area contributed by atoms with E-state index in [-0.39, 0.29) is 24.5 Å². The highest BCUT2D eigenvalue weighted by molar-refractivity contribution is 5.80. The Morgan fingerprint density at radius 3 is 2.79 bits per heavy atom. The molecule has 1 aromatic rings. The summed E-state index contributed by atoms with van der Waals surface area (Å²) in [5, 5.41) is 12.4. The molecule has 0 aromatic heterocycles. The SMILES string of the molecule is Nc1ccccc1CC(=O)NC1CCCCC1CO. The molecule has 2 unspecified atom stereocenters. The van der Waals surface area contributed by atoms with E-state index in [1.165, 1.54) is 0 Å². The number of amides is 1. The third-order valence-electron chi connectivity index (χ3n) is 3.90. The first-order valence-electron chi connectivity index (χ1n) is 6.94. The molecular weight excluding hydrogens is 240 g/mol. The van der Waals surface area contributed by atoms with Crippen molar-refractivity contribution in [3.8, 4) is 0 Å². The van der Waals surface area contributed by atoms with E-state index >= 15 is 0 Å². The van der Waals surface area contributed by atoms with Gasteiger partial charge in [-0.25, -0.2) is 0 Å². The fourth-order valence-electron chi connectivity index (χ4n) is 2.74. The van der Waals surface area contributed by atoms with Crippen LogP contribution in [0.1, 0.15) is 31.2 Å². The maximum atomic E-state index is 12.0. The number of nitrogens with one attached hydrogen (secondary N) is 1. The number of hydrogen-bond acceptors (Lipinski definition) is 3. The first kappa shape index (κ1) is 13.9. The van der Waals surface area contributed by atoms with Crippen molar-refractivity contribution in [2.75, 3.05) is 12.3 Å². The molecule has 1 amide bonds. The number of hydrogen-bond donors (Lipinski definition) is 3. The maximum absolute atomic E-state index is 12.0. The van der Waals surface area contributed by atoms with Crippen LogP contribution in [0.4, 0.5) is 5.69 Å². The molecule has 1 aliphatic rings. The molecule has 1 aromatic carbocycles. The predicted molar refractivity (Wildman–Crippen MR) is 75.5 cm³/mol. The second kappa shape index (κ2) is 6.57. The molecule has 4 N–H and O–H groups in total. The zero-order valence-electron chi connectivity index (χ0n) is 11.1. The van der Waals surface area contributed by atoms with Crippen LogP contribution in [0.2, 0.25) is 0 Å². The van der Waals surface area contributed by atoms with Crippen LogP contribution in [0.25, 0.3) is 0 Å². The summed E-state index contributed by atoms with van der Waals surface area (Å²) in [5.41, 5.74) is 7.35. The summed E-state index contributed by atoms with van der Waals surface area (Å²) in [4.78, 5) is 12.0. The van der Waals surface area contributed by atoms with E-state index in [0.717, 1.165) is 31.2 Å². The molecule has 1 saturated carbocycles. The first-order valence-corrected chi connectivity index (χ1v) is 6.94. The summed E-state index contributed by atoms with van der Waals surface area (Å²) >= 11 is 0. The summed E-state index contributed by atoms with van der Waals surface area (Å²) in [7, 11) is 0. The van der Waals surface area contributed by atoms with Gasteiger partial charge >= 0.3 is 0 Å². The molecule has 0 aliphatic heterocycles. The average molecular weight is 262 g/mol. The van der Waals surface area contributed by atoms with Gasteiger partial charge in [-0.1, -0.05) is 31.0 Å². The van der Waals surface area contributed by atoms with E-state index in [2.05, 4.69) is 5.32 Å². The standard InChI is InChI=1S/C15H22N2O2/c16-13-7-3-1-5-11(13)9-15(19)17-14-8-4-2-6-12(14)10-18/h1,3,5,7,12,14,18H,2,4,6,8-10,16H2,(H,17,19). The predicted octanol–water partition coefficient (Wildman–Crippen LogP) is 1.48. The van der Waals surface area contributed by atoms with Gasteiger partial charge in [0.1, 0.15) is 0 Å². The monoisotopic (exact) mass is 262 g/mol. The van der Waals surface area contributed by atoms with Crippen LogP contribution >= 0.6 is 0 Å². The number of aliphatic hydroxyl groups is 1.